The van der Waals surface area contributed by atoms with Gasteiger partial charge in [-0.3, -0.25) is 4.98 Å². The number of esters is 1. The molecule has 0 aliphatic heterocycles. The average Bonchev–Trinajstić information content (AvgIpc) is 2.86. The maximum Gasteiger partial charge on any atom is 0.343 e. The number of aromatic nitrogens is 1. The number of carbonyl (C=O) groups excluding carboxylic acids is 1. The number of benzene rings is 2. The third-order valence-corrected chi connectivity index (χ3v) is 5.60. The van der Waals surface area contributed by atoms with Gasteiger partial charge in [0.05, 0.1) is 17.9 Å². The number of hydrogen-bond acceptors (Lipinski definition) is 4. The largest absolute Gasteiger partial charge is 0.423 e. The third-order valence-electron chi connectivity index (χ3n) is 5.60. The number of unbranched alkanes of at least 4 members (excludes halogenated alkanes) is 4. The minimum atomic E-state index is -0.345. The SMILES string of the molecule is CCCCCCOCc1ccc(-c2ccc(OC(=O)c3ccc(CCCC)cc3)cc2)nc1. The lowest BCUT2D eigenvalue weighted by Crippen LogP contribution is -2.08. The standard InChI is InChI=1S/C29H35NO3/c1-3-5-7-8-20-32-22-24-12-19-28(30-21-24)25-15-17-27(18-16-25)33-29(31)26-13-10-23(11-14-26)9-6-4-2/h10-19,21H,3-9,20,22H2,1-2H3. The summed E-state index contributed by atoms with van der Waals surface area (Å²) in [6.07, 6.45) is 10.1. The van der Waals surface area contributed by atoms with Crippen molar-refractivity contribution in [1.82, 2.24) is 4.98 Å². The van der Waals surface area contributed by atoms with Gasteiger partial charge in [-0.2, -0.15) is 0 Å². The van der Waals surface area contributed by atoms with Crippen LogP contribution < -0.4 is 4.74 Å². The molecule has 0 bridgehead atoms. The molecule has 3 rings (SSSR count). The minimum absolute atomic E-state index is 0.345. The Labute approximate surface area is 198 Å². The molecule has 2 aromatic carbocycles. The zero-order chi connectivity index (χ0) is 23.3. The van der Waals surface area contributed by atoms with Crippen molar-refractivity contribution in [2.24, 2.45) is 0 Å². The molecule has 174 valence electrons. The Morgan fingerprint density at radius 2 is 1.52 bits per heavy atom. The molecule has 1 heterocycles. The average molecular weight is 446 g/mol. The van der Waals surface area contributed by atoms with E-state index in [0.717, 1.165) is 49.1 Å². The number of hydrogen-bond donors (Lipinski definition) is 0. The van der Waals surface area contributed by atoms with E-state index in [1.54, 1.807) is 12.1 Å². The summed E-state index contributed by atoms with van der Waals surface area (Å²) in [5, 5.41) is 0. The highest BCUT2D eigenvalue weighted by Crippen LogP contribution is 2.22. The van der Waals surface area contributed by atoms with Crippen molar-refractivity contribution in [3.8, 4) is 17.0 Å². The lowest BCUT2D eigenvalue weighted by atomic mass is 10.1. The Morgan fingerprint density at radius 1 is 0.788 bits per heavy atom. The van der Waals surface area contributed by atoms with Crippen molar-refractivity contribution < 1.29 is 14.3 Å². The number of aryl methyl sites for hydroxylation is 1. The van der Waals surface area contributed by atoms with Crippen molar-refractivity contribution in [3.63, 3.8) is 0 Å². The van der Waals surface area contributed by atoms with Gasteiger partial charge in [0, 0.05) is 18.4 Å². The van der Waals surface area contributed by atoms with Crippen LogP contribution in [0.15, 0.2) is 66.9 Å². The molecule has 0 N–H and O–H groups in total. The van der Waals surface area contributed by atoms with Gasteiger partial charge in [0.1, 0.15) is 5.75 Å². The van der Waals surface area contributed by atoms with Crippen molar-refractivity contribution in [2.75, 3.05) is 6.61 Å². The summed E-state index contributed by atoms with van der Waals surface area (Å²) in [4.78, 5) is 17.0. The fourth-order valence-corrected chi connectivity index (χ4v) is 3.55. The normalized spacial score (nSPS) is 10.8. The predicted molar refractivity (Wildman–Crippen MR) is 133 cm³/mol. The van der Waals surface area contributed by atoms with Crippen LogP contribution in [0.2, 0.25) is 0 Å². The van der Waals surface area contributed by atoms with E-state index in [0.29, 0.717) is 17.9 Å². The van der Waals surface area contributed by atoms with Crippen LogP contribution in [-0.4, -0.2) is 17.6 Å². The van der Waals surface area contributed by atoms with Crippen molar-refractivity contribution in [3.05, 3.63) is 83.6 Å². The molecule has 0 spiro atoms. The third kappa shape index (κ3) is 8.14. The molecule has 4 heteroatoms. The van der Waals surface area contributed by atoms with Gasteiger partial charge in [0.25, 0.3) is 0 Å². The van der Waals surface area contributed by atoms with E-state index < -0.39 is 0 Å². The molecule has 0 aliphatic rings. The Bertz CT molecular complexity index is 963. The smallest absolute Gasteiger partial charge is 0.343 e. The second-order valence-corrected chi connectivity index (χ2v) is 8.38. The zero-order valence-electron chi connectivity index (χ0n) is 19.9. The van der Waals surface area contributed by atoms with Gasteiger partial charge in [0.2, 0.25) is 0 Å². The highest BCUT2D eigenvalue weighted by atomic mass is 16.5. The van der Waals surface area contributed by atoms with Crippen LogP contribution in [0.25, 0.3) is 11.3 Å². The van der Waals surface area contributed by atoms with Gasteiger partial charge in [-0.1, -0.05) is 57.7 Å². The zero-order valence-corrected chi connectivity index (χ0v) is 19.9. The van der Waals surface area contributed by atoms with E-state index in [9.17, 15) is 4.79 Å². The first kappa shape index (κ1) is 24.7. The molecular weight excluding hydrogens is 410 g/mol. The highest BCUT2D eigenvalue weighted by Gasteiger charge is 2.09. The van der Waals surface area contributed by atoms with Crippen LogP contribution in [0, 0.1) is 0 Å². The predicted octanol–water partition coefficient (Wildman–Crippen LogP) is 7.41. The summed E-state index contributed by atoms with van der Waals surface area (Å²) in [6.45, 7) is 5.77. The molecule has 0 saturated heterocycles. The monoisotopic (exact) mass is 445 g/mol. The molecule has 1 aromatic heterocycles. The summed E-state index contributed by atoms with van der Waals surface area (Å²) in [6, 6.07) is 19.2. The van der Waals surface area contributed by atoms with Crippen LogP contribution in [0.3, 0.4) is 0 Å². The maximum atomic E-state index is 12.4. The van der Waals surface area contributed by atoms with Crippen molar-refractivity contribution in [1.29, 1.82) is 0 Å². The number of carbonyl (C=O) groups is 1. The number of pyridine rings is 1. The molecule has 0 saturated carbocycles. The molecule has 0 radical (unpaired) electrons. The van der Waals surface area contributed by atoms with Gasteiger partial charge in [0.15, 0.2) is 0 Å². The van der Waals surface area contributed by atoms with Gasteiger partial charge in [-0.05, 0) is 72.9 Å². The number of ether oxygens (including phenoxy) is 2. The van der Waals surface area contributed by atoms with E-state index in [1.165, 1.54) is 24.8 Å². The van der Waals surface area contributed by atoms with Crippen LogP contribution in [0.4, 0.5) is 0 Å². The second-order valence-electron chi connectivity index (χ2n) is 8.38. The highest BCUT2D eigenvalue weighted by molar-refractivity contribution is 5.91. The second kappa shape index (κ2) is 13.5. The fourth-order valence-electron chi connectivity index (χ4n) is 3.55. The van der Waals surface area contributed by atoms with E-state index in [2.05, 4.69) is 18.8 Å². The first-order valence-corrected chi connectivity index (χ1v) is 12.1. The van der Waals surface area contributed by atoms with Crippen LogP contribution in [0.1, 0.15) is 73.9 Å². The van der Waals surface area contributed by atoms with Gasteiger partial charge < -0.3 is 9.47 Å². The van der Waals surface area contributed by atoms with Crippen molar-refractivity contribution in [2.45, 2.75) is 65.4 Å². The van der Waals surface area contributed by atoms with Gasteiger partial charge in [-0.15, -0.1) is 0 Å². The summed E-state index contributed by atoms with van der Waals surface area (Å²) in [5.41, 5.74) is 4.73. The molecule has 3 aromatic rings. The summed E-state index contributed by atoms with van der Waals surface area (Å²) < 4.78 is 11.3. The van der Waals surface area contributed by atoms with E-state index in [-0.39, 0.29) is 5.97 Å². The number of nitrogens with zero attached hydrogens (tertiary/aromatic N) is 1. The van der Waals surface area contributed by atoms with Crippen LogP contribution in [0.5, 0.6) is 5.75 Å². The number of rotatable bonds is 13. The summed E-state index contributed by atoms with van der Waals surface area (Å²) >= 11 is 0. The van der Waals surface area contributed by atoms with E-state index >= 15 is 0 Å². The quantitative estimate of drug-likeness (QED) is 0.156. The maximum absolute atomic E-state index is 12.4. The Morgan fingerprint density at radius 3 is 2.18 bits per heavy atom. The van der Waals surface area contributed by atoms with E-state index in [4.69, 9.17) is 9.47 Å². The topological polar surface area (TPSA) is 48.4 Å². The van der Waals surface area contributed by atoms with Gasteiger partial charge >= 0.3 is 5.97 Å². The van der Waals surface area contributed by atoms with Crippen molar-refractivity contribution >= 4 is 5.97 Å². The molecular formula is C29H35NO3. The molecule has 0 aliphatic carbocycles. The Hall–Kier alpha value is -2.98. The summed E-state index contributed by atoms with van der Waals surface area (Å²) in [7, 11) is 0. The molecule has 0 atom stereocenters. The van der Waals surface area contributed by atoms with E-state index in [1.807, 2.05) is 54.7 Å². The minimum Gasteiger partial charge on any atom is -0.423 e. The molecule has 0 amide bonds. The van der Waals surface area contributed by atoms with Crippen LogP contribution >= 0.6 is 0 Å². The molecule has 0 unspecified atom stereocenters. The fraction of sp³-hybridized carbons (Fsp3) is 0.379. The first-order chi connectivity index (χ1) is 16.2. The first-order valence-electron chi connectivity index (χ1n) is 12.1. The van der Waals surface area contributed by atoms with Gasteiger partial charge in [-0.25, -0.2) is 4.79 Å². The molecule has 0 fully saturated rings. The van der Waals surface area contributed by atoms with Crippen LogP contribution in [-0.2, 0) is 17.8 Å². The molecule has 4 nitrogen and oxygen atoms in total. The Balaban J connectivity index is 1.49. The Kier molecular flexibility index (Phi) is 10.1. The lowest BCUT2D eigenvalue weighted by molar-refractivity contribution is 0.0734. The lowest BCUT2D eigenvalue weighted by Gasteiger charge is -2.08. The molecule has 33 heavy (non-hydrogen) atoms. The summed E-state index contributed by atoms with van der Waals surface area (Å²) in [5.74, 6) is 0.175.